The number of methoxy groups -OCH3 is 2. The minimum atomic E-state index is 0.500. The van der Waals surface area contributed by atoms with Gasteiger partial charge in [-0.05, 0) is 12.1 Å². The molecule has 4 heteroatoms. The van der Waals surface area contributed by atoms with E-state index in [2.05, 4.69) is 12.6 Å². The first-order valence-corrected chi connectivity index (χ1v) is 3.84. The smallest absolute Gasteiger partial charge is 0.184 e. The van der Waals surface area contributed by atoms with Crippen molar-refractivity contribution in [3.63, 3.8) is 0 Å². The highest BCUT2D eigenvalue weighted by molar-refractivity contribution is 7.80. The summed E-state index contributed by atoms with van der Waals surface area (Å²) >= 11 is 4.15. The Morgan fingerprint density at radius 1 is 1.25 bits per heavy atom. The van der Waals surface area contributed by atoms with E-state index in [4.69, 9.17) is 15.2 Å². The first-order valence-electron chi connectivity index (χ1n) is 3.40. The maximum Gasteiger partial charge on any atom is 0.184 e. The Balaban J connectivity index is 3.25. The van der Waals surface area contributed by atoms with Gasteiger partial charge >= 0.3 is 0 Å². The third-order valence-electron chi connectivity index (χ3n) is 1.56. The molecule has 0 fully saturated rings. The summed E-state index contributed by atoms with van der Waals surface area (Å²) in [4.78, 5) is 0.688. The van der Waals surface area contributed by atoms with Crippen LogP contribution >= 0.6 is 12.6 Å². The molecular formula is C8H11NO2S. The van der Waals surface area contributed by atoms with E-state index in [-0.39, 0.29) is 0 Å². The van der Waals surface area contributed by atoms with Crippen LogP contribution in [0.3, 0.4) is 0 Å². The molecule has 1 aromatic carbocycles. The molecule has 0 radical (unpaired) electrons. The molecule has 12 heavy (non-hydrogen) atoms. The third kappa shape index (κ3) is 1.43. The zero-order valence-corrected chi connectivity index (χ0v) is 7.89. The first-order chi connectivity index (χ1) is 5.70. The average Bonchev–Trinajstić information content (AvgIpc) is 2.09. The number of ether oxygens (including phenoxy) is 2. The lowest BCUT2D eigenvalue weighted by Gasteiger charge is -2.10. The van der Waals surface area contributed by atoms with Crippen LogP contribution in [0.25, 0.3) is 0 Å². The van der Waals surface area contributed by atoms with Crippen molar-refractivity contribution in [2.45, 2.75) is 4.90 Å². The quantitative estimate of drug-likeness (QED) is 0.543. The van der Waals surface area contributed by atoms with E-state index >= 15 is 0 Å². The van der Waals surface area contributed by atoms with Crippen LogP contribution in [0.4, 0.5) is 5.69 Å². The number of nitrogens with two attached hydrogens (primary N) is 1. The zero-order chi connectivity index (χ0) is 9.14. The Morgan fingerprint density at radius 3 is 2.42 bits per heavy atom. The molecule has 0 bridgehead atoms. The fourth-order valence-corrected chi connectivity index (χ4v) is 1.12. The first kappa shape index (κ1) is 9.06. The SMILES string of the molecule is COc1ccc(S)c(N)c1OC. The highest BCUT2D eigenvalue weighted by Crippen LogP contribution is 2.36. The van der Waals surface area contributed by atoms with Crippen LogP contribution in [0.5, 0.6) is 11.5 Å². The van der Waals surface area contributed by atoms with Crippen LogP contribution in [0.15, 0.2) is 17.0 Å². The highest BCUT2D eigenvalue weighted by Gasteiger charge is 2.09. The van der Waals surface area contributed by atoms with Gasteiger partial charge < -0.3 is 15.2 Å². The monoisotopic (exact) mass is 185 g/mol. The van der Waals surface area contributed by atoms with Gasteiger partial charge in [0.2, 0.25) is 0 Å². The molecule has 66 valence electrons. The summed E-state index contributed by atoms with van der Waals surface area (Å²) in [5.41, 5.74) is 6.19. The molecule has 0 aliphatic heterocycles. The van der Waals surface area contributed by atoms with Crippen molar-refractivity contribution in [3.8, 4) is 11.5 Å². The molecular weight excluding hydrogens is 174 g/mol. The Bertz CT molecular complexity index is 289. The molecule has 0 aromatic heterocycles. The maximum atomic E-state index is 5.69. The van der Waals surface area contributed by atoms with Crippen molar-refractivity contribution in [1.82, 2.24) is 0 Å². The lowest BCUT2D eigenvalue weighted by atomic mass is 10.3. The molecule has 0 heterocycles. The largest absolute Gasteiger partial charge is 0.493 e. The van der Waals surface area contributed by atoms with Gasteiger partial charge in [-0.3, -0.25) is 0 Å². The Morgan fingerprint density at radius 2 is 1.92 bits per heavy atom. The lowest BCUT2D eigenvalue weighted by Crippen LogP contribution is -1.96. The Hall–Kier alpha value is -1.03. The van der Waals surface area contributed by atoms with Gasteiger partial charge in [-0.25, -0.2) is 0 Å². The summed E-state index contributed by atoms with van der Waals surface area (Å²) in [6, 6.07) is 3.53. The number of benzene rings is 1. The van der Waals surface area contributed by atoms with Crippen molar-refractivity contribution in [2.24, 2.45) is 0 Å². The van der Waals surface area contributed by atoms with Gasteiger partial charge in [0.15, 0.2) is 11.5 Å². The van der Waals surface area contributed by atoms with Crippen molar-refractivity contribution in [1.29, 1.82) is 0 Å². The van der Waals surface area contributed by atoms with Crippen LogP contribution in [-0.4, -0.2) is 14.2 Å². The Kier molecular flexibility index (Phi) is 2.70. The lowest BCUT2D eigenvalue weighted by molar-refractivity contribution is 0.356. The van der Waals surface area contributed by atoms with Crippen LogP contribution in [0.1, 0.15) is 0 Å². The van der Waals surface area contributed by atoms with Crippen LogP contribution in [0.2, 0.25) is 0 Å². The molecule has 2 N–H and O–H groups in total. The fourth-order valence-electron chi connectivity index (χ4n) is 0.940. The van der Waals surface area contributed by atoms with Crippen LogP contribution in [-0.2, 0) is 0 Å². The third-order valence-corrected chi connectivity index (χ3v) is 1.95. The van der Waals surface area contributed by atoms with Gasteiger partial charge in [-0.2, -0.15) is 0 Å². The van der Waals surface area contributed by atoms with Gasteiger partial charge in [0.25, 0.3) is 0 Å². The number of thiol groups is 1. The van der Waals surface area contributed by atoms with Crippen molar-refractivity contribution < 1.29 is 9.47 Å². The molecule has 0 aliphatic rings. The van der Waals surface area contributed by atoms with E-state index in [9.17, 15) is 0 Å². The molecule has 0 saturated heterocycles. The molecule has 0 spiro atoms. The predicted octanol–water partition coefficient (Wildman–Crippen LogP) is 1.57. The van der Waals surface area contributed by atoms with Crippen molar-refractivity contribution in [2.75, 3.05) is 20.0 Å². The van der Waals surface area contributed by atoms with E-state index in [1.165, 1.54) is 0 Å². The number of hydrogen-bond donors (Lipinski definition) is 2. The summed E-state index contributed by atoms with van der Waals surface area (Å²) in [5, 5.41) is 0. The van der Waals surface area contributed by atoms with E-state index in [1.807, 2.05) is 0 Å². The second-order valence-corrected chi connectivity index (χ2v) is 2.72. The van der Waals surface area contributed by atoms with Gasteiger partial charge in [0.05, 0.1) is 19.9 Å². The maximum absolute atomic E-state index is 5.69. The number of rotatable bonds is 2. The van der Waals surface area contributed by atoms with Gasteiger partial charge in [-0.1, -0.05) is 0 Å². The number of nitrogen functional groups attached to an aromatic ring is 1. The van der Waals surface area contributed by atoms with Crippen molar-refractivity contribution in [3.05, 3.63) is 12.1 Å². The summed E-state index contributed by atoms with van der Waals surface area (Å²) < 4.78 is 10.1. The summed E-state index contributed by atoms with van der Waals surface area (Å²) in [7, 11) is 3.11. The number of anilines is 1. The second kappa shape index (κ2) is 3.58. The van der Waals surface area contributed by atoms with E-state index in [0.29, 0.717) is 22.1 Å². The average molecular weight is 185 g/mol. The Labute approximate surface area is 76.9 Å². The second-order valence-electron chi connectivity index (χ2n) is 2.23. The highest BCUT2D eigenvalue weighted by atomic mass is 32.1. The number of hydrogen-bond acceptors (Lipinski definition) is 4. The minimum absolute atomic E-state index is 0.500. The summed E-state index contributed by atoms with van der Waals surface area (Å²) in [5.74, 6) is 1.15. The van der Waals surface area contributed by atoms with Crippen molar-refractivity contribution >= 4 is 18.3 Å². The van der Waals surface area contributed by atoms with Gasteiger partial charge in [0, 0.05) is 4.90 Å². The molecule has 1 aromatic rings. The molecule has 1 rings (SSSR count). The van der Waals surface area contributed by atoms with E-state index in [0.717, 1.165) is 0 Å². The molecule has 0 unspecified atom stereocenters. The summed E-state index contributed by atoms with van der Waals surface area (Å²) in [6.07, 6.45) is 0. The fraction of sp³-hybridized carbons (Fsp3) is 0.250. The van der Waals surface area contributed by atoms with Crippen LogP contribution in [0, 0.1) is 0 Å². The minimum Gasteiger partial charge on any atom is -0.493 e. The van der Waals surface area contributed by atoms with E-state index < -0.39 is 0 Å². The molecule has 0 aliphatic carbocycles. The predicted molar refractivity (Wildman–Crippen MR) is 51.2 cm³/mol. The van der Waals surface area contributed by atoms with Crippen LogP contribution < -0.4 is 15.2 Å². The zero-order valence-electron chi connectivity index (χ0n) is 7.00. The van der Waals surface area contributed by atoms with Gasteiger partial charge in [0.1, 0.15) is 0 Å². The normalized spacial score (nSPS) is 9.58. The van der Waals surface area contributed by atoms with E-state index in [1.54, 1.807) is 26.4 Å². The summed E-state index contributed by atoms with van der Waals surface area (Å²) in [6.45, 7) is 0. The topological polar surface area (TPSA) is 44.5 Å². The van der Waals surface area contributed by atoms with Gasteiger partial charge in [-0.15, -0.1) is 12.6 Å². The molecule has 3 nitrogen and oxygen atoms in total. The standard InChI is InChI=1S/C8H11NO2S/c1-10-5-3-4-6(12)7(9)8(5)11-2/h3-4,12H,9H2,1-2H3. The molecule has 0 amide bonds. The molecule has 0 saturated carbocycles. The molecule has 0 atom stereocenters.